The van der Waals surface area contributed by atoms with Crippen LogP contribution in [0.1, 0.15) is 42.6 Å². The van der Waals surface area contributed by atoms with Gasteiger partial charge in [0.15, 0.2) is 0 Å². The first-order valence-electron chi connectivity index (χ1n) is 7.19. The number of halogens is 2. The van der Waals surface area contributed by atoms with Gasteiger partial charge in [-0.3, -0.25) is 0 Å². The van der Waals surface area contributed by atoms with E-state index in [0.717, 1.165) is 24.2 Å². The van der Waals surface area contributed by atoms with Crippen molar-refractivity contribution in [1.29, 1.82) is 0 Å². The molecular weight excluding hydrogens is 305 g/mol. The van der Waals surface area contributed by atoms with Crippen molar-refractivity contribution < 1.29 is 0 Å². The Morgan fingerprint density at radius 3 is 2.76 bits per heavy atom. The van der Waals surface area contributed by atoms with Crippen molar-refractivity contribution in [3.8, 4) is 0 Å². The number of hydrogen-bond acceptors (Lipinski definition) is 3. The topological polar surface area (TPSA) is 37.8 Å². The smallest absolute Gasteiger partial charge is 0.133 e. The summed E-state index contributed by atoms with van der Waals surface area (Å²) in [5, 5.41) is 4.79. The molecular formula is C16H17Cl2N3. The maximum atomic E-state index is 6.28. The number of aryl methyl sites for hydroxylation is 1. The van der Waals surface area contributed by atoms with Crippen molar-refractivity contribution in [3.63, 3.8) is 0 Å². The molecule has 1 aliphatic rings. The molecule has 1 aromatic heterocycles. The van der Waals surface area contributed by atoms with Gasteiger partial charge in [0.2, 0.25) is 0 Å². The molecule has 3 nitrogen and oxygen atoms in total. The lowest BCUT2D eigenvalue weighted by atomic mass is 9.96. The van der Waals surface area contributed by atoms with Crippen molar-refractivity contribution in [2.45, 2.75) is 38.6 Å². The first-order valence-corrected chi connectivity index (χ1v) is 7.95. The predicted octanol–water partition coefficient (Wildman–Crippen LogP) is 4.84. The molecule has 0 radical (unpaired) electrons. The van der Waals surface area contributed by atoms with E-state index in [4.69, 9.17) is 23.2 Å². The van der Waals surface area contributed by atoms with Crippen LogP contribution in [0.5, 0.6) is 0 Å². The minimum Gasteiger partial charge on any atom is -0.363 e. The van der Waals surface area contributed by atoms with E-state index >= 15 is 0 Å². The second kappa shape index (κ2) is 6.20. The molecule has 0 bridgehead atoms. The van der Waals surface area contributed by atoms with Crippen LogP contribution in [0.15, 0.2) is 24.5 Å². The maximum Gasteiger partial charge on any atom is 0.133 e. The van der Waals surface area contributed by atoms with Crippen molar-refractivity contribution in [1.82, 2.24) is 9.97 Å². The van der Waals surface area contributed by atoms with Gasteiger partial charge < -0.3 is 5.32 Å². The minimum absolute atomic E-state index is 0.0655. The predicted molar refractivity (Wildman–Crippen MR) is 87.2 cm³/mol. The number of fused-ring (bicyclic) bond motifs is 1. The van der Waals surface area contributed by atoms with Crippen molar-refractivity contribution >= 4 is 29.0 Å². The molecule has 1 atom stereocenters. The van der Waals surface area contributed by atoms with E-state index in [1.807, 2.05) is 12.1 Å². The lowest BCUT2D eigenvalue weighted by molar-refractivity contribution is 0.661. The summed E-state index contributed by atoms with van der Waals surface area (Å²) in [5.74, 6) is 0.929. The lowest BCUT2D eigenvalue weighted by Crippen LogP contribution is -2.14. The van der Waals surface area contributed by atoms with E-state index in [1.54, 1.807) is 12.4 Å². The van der Waals surface area contributed by atoms with Crippen LogP contribution in [0.4, 0.5) is 5.82 Å². The first kappa shape index (κ1) is 14.6. The molecule has 0 amide bonds. The van der Waals surface area contributed by atoms with Crippen molar-refractivity contribution in [3.05, 3.63) is 51.4 Å². The van der Waals surface area contributed by atoms with E-state index < -0.39 is 0 Å². The Labute approximate surface area is 134 Å². The molecule has 1 unspecified atom stereocenters. The molecule has 2 aromatic rings. The summed E-state index contributed by atoms with van der Waals surface area (Å²) in [7, 11) is 0. The van der Waals surface area contributed by atoms with Crippen LogP contribution < -0.4 is 5.32 Å². The summed E-state index contributed by atoms with van der Waals surface area (Å²) in [6, 6.07) is 5.65. The van der Waals surface area contributed by atoms with Crippen LogP contribution in [0.2, 0.25) is 10.0 Å². The molecule has 1 aliphatic carbocycles. The van der Waals surface area contributed by atoms with Gasteiger partial charge in [0.05, 0.1) is 6.04 Å². The van der Waals surface area contributed by atoms with Gasteiger partial charge in [0.25, 0.3) is 0 Å². The summed E-state index contributed by atoms with van der Waals surface area (Å²) < 4.78 is 0. The van der Waals surface area contributed by atoms with Gasteiger partial charge in [0, 0.05) is 21.3 Å². The van der Waals surface area contributed by atoms with Crippen LogP contribution >= 0.6 is 23.2 Å². The Balaban J connectivity index is 1.86. The average Bonchev–Trinajstić information content (AvgIpc) is 2.47. The monoisotopic (exact) mass is 321 g/mol. The Kier molecular flexibility index (Phi) is 4.32. The van der Waals surface area contributed by atoms with Gasteiger partial charge in [-0.2, -0.15) is 0 Å². The van der Waals surface area contributed by atoms with Crippen LogP contribution in [0.25, 0.3) is 0 Å². The number of rotatable bonds is 3. The third-order valence-electron chi connectivity index (χ3n) is 3.91. The van der Waals surface area contributed by atoms with Crippen LogP contribution in [0.3, 0.4) is 0 Å². The van der Waals surface area contributed by atoms with E-state index in [-0.39, 0.29) is 6.04 Å². The van der Waals surface area contributed by atoms with Gasteiger partial charge in [-0.1, -0.05) is 29.3 Å². The van der Waals surface area contributed by atoms with Crippen LogP contribution in [-0.4, -0.2) is 9.97 Å². The Morgan fingerprint density at radius 2 is 1.95 bits per heavy atom. The minimum atomic E-state index is 0.0655. The number of hydrogen-bond donors (Lipinski definition) is 1. The zero-order valence-electron chi connectivity index (χ0n) is 11.9. The van der Waals surface area contributed by atoms with Gasteiger partial charge in [-0.15, -0.1) is 0 Å². The molecule has 0 spiro atoms. The number of aromatic nitrogens is 2. The summed E-state index contributed by atoms with van der Waals surface area (Å²) in [4.78, 5) is 8.81. The molecule has 0 aliphatic heterocycles. The van der Waals surface area contributed by atoms with Crippen LogP contribution in [0, 0.1) is 0 Å². The highest BCUT2D eigenvalue weighted by Gasteiger charge is 2.18. The zero-order valence-corrected chi connectivity index (χ0v) is 13.4. The lowest BCUT2D eigenvalue weighted by Gasteiger charge is -2.22. The van der Waals surface area contributed by atoms with Crippen LogP contribution in [-0.2, 0) is 12.8 Å². The Hall–Kier alpha value is -1.32. The third-order valence-corrected chi connectivity index (χ3v) is 4.47. The first-order chi connectivity index (χ1) is 10.1. The molecule has 21 heavy (non-hydrogen) atoms. The standard InChI is InChI=1S/C16H17Cl2N3/c1-10(12-7-6-11(17)8-14(12)18)21-16-13-4-2-3-5-15(13)19-9-20-16/h6-10H,2-5H2,1H3,(H,19,20,21). The fourth-order valence-corrected chi connectivity index (χ4v) is 3.35. The van der Waals surface area contributed by atoms with Gasteiger partial charge in [-0.25, -0.2) is 9.97 Å². The van der Waals surface area contributed by atoms with E-state index in [9.17, 15) is 0 Å². The molecule has 0 saturated carbocycles. The quantitative estimate of drug-likeness (QED) is 0.879. The Bertz CT molecular complexity index is 658. The fraction of sp³-hybridized carbons (Fsp3) is 0.375. The molecule has 0 saturated heterocycles. The number of anilines is 1. The van der Waals surface area contributed by atoms with Gasteiger partial charge >= 0.3 is 0 Å². The largest absolute Gasteiger partial charge is 0.363 e. The molecule has 3 rings (SSSR count). The molecule has 1 N–H and O–H groups in total. The Morgan fingerprint density at radius 1 is 1.14 bits per heavy atom. The number of nitrogens with zero attached hydrogens (tertiary/aromatic N) is 2. The van der Waals surface area contributed by atoms with Crippen molar-refractivity contribution in [2.24, 2.45) is 0 Å². The SMILES string of the molecule is CC(Nc1ncnc2c1CCCC2)c1ccc(Cl)cc1Cl. The molecule has 1 heterocycles. The number of benzene rings is 1. The normalized spacial score (nSPS) is 15.4. The molecule has 5 heteroatoms. The summed E-state index contributed by atoms with van der Waals surface area (Å²) in [6.45, 7) is 2.08. The van der Waals surface area contributed by atoms with E-state index in [0.29, 0.717) is 10.0 Å². The van der Waals surface area contributed by atoms with Gasteiger partial charge in [-0.05, 0) is 50.3 Å². The molecule has 110 valence electrons. The van der Waals surface area contributed by atoms with Gasteiger partial charge in [0.1, 0.15) is 12.1 Å². The number of nitrogens with one attached hydrogen (secondary N) is 1. The fourth-order valence-electron chi connectivity index (χ4n) is 2.78. The second-order valence-electron chi connectivity index (χ2n) is 5.39. The second-order valence-corrected chi connectivity index (χ2v) is 6.23. The highest BCUT2D eigenvalue weighted by atomic mass is 35.5. The van der Waals surface area contributed by atoms with E-state index in [2.05, 4.69) is 22.2 Å². The summed E-state index contributed by atoms with van der Waals surface area (Å²) in [6.07, 6.45) is 6.14. The molecule has 0 fully saturated rings. The molecule has 1 aromatic carbocycles. The highest BCUT2D eigenvalue weighted by molar-refractivity contribution is 6.35. The maximum absolute atomic E-state index is 6.28. The zero-order chi connectivity index (χ0) is 14.8. The highest BCUT2D eigenvalue weighted by Crippen LogP contribution is 2.30. The third kappa shape index (κ3) is 3.14. The average molecular weight is 322 g/mol. The van der Waals surface area contributed by atoms with E-state index in [1.165, 1.54) is 24.1 Å². The summed E-state index contributed by atoms with van der Waals surface area (Å²) in [5.41, 5.74) is 3.44. The van der Waals surface area contributed by atoms with Crippen molar-refractivity contribution in [2.75, 3.05) is 5.32 Å². The summed E-state index contributed by atoms with van der Waals surface area (Å²) >= 11 is 12.2.